The highest BCUT2D eigenvalue weighted by Crippen LogP contribution is 2.14. The number of rotatable bonds is 7. The Bertz CT molecular complexity index is 622. The average molecular weight is 294 g/mol. The summed E-state index contributed by atoms with van der Waals surface area (Å²) >= 11 is 0. The van der Waals surface area contributed by atoms with Crippen LogP contribution in [0.1, 0.15) is 41.3 Å². The largest absolute Gasteiger partial charge is 0.494 e. The monoisotopic (exact) mass is 294 g/mol. The van der Waals surface area contributed by atoms with Gasteiger partial charge in [0.1, 0.15) is 5.75 Å². The Balaban J connectivity index is 1.96. The van der Waals surface area contributed by atoms with E-state index in [0.29, 0.717) is 5.56 Å². The van der Waals surface area contributed by atoms with E-state index >= 15 is 0 Å². The molecule has 0 heterocycles. The van der Waals surface area contributed by atoms with E-state index in [2.05, 4.69) is 6.92 Å². The van der Waals surface area contributed by atoms with Gasteiger partial charge in [0.25, 0.3) is 0 Å². The number of carbonyl (C=O) groups excluding carboxylic acids is 1. The molecule has 2 nitrogen and oxygen atoms in total. The van der Waals surface area contributed by atoms with E-state index in [0.717, 1.165) is 30.8 Å². The fraction of sp³-hybridized carbons (Fsp3) is 0.250. The Kier molecular flexibility index (Phi) is 5.96. The zero-order chi connectivity index (χ0) is 15.8. The van der Waals surface area contributed by atoms with Crippen LogP contribution in [-0.4, -0.2) is 12.4 Å². The number of ether oxygens (including phenoxy) is 1. The predicted molar refractivity (Wildman–Crippen MR) is 91.4 cm³/mol. The van der Waals surface area contributed by atoms with Gasteiger partial charge in [0.2, 0.25) is 0 Å². The lowest BCUT2D eigenvalue weighted by molar-refractivity contribution is 0.104. The molecular formula is C20H22O2. The van der Waals surface area contributed by atoms with Crippen LogP contribution in [0.5, 0.6) is 5.75 Å². The lowest BCUT2D eigenvalue weighted by Crippen LogP contribution is -1.98. The summed E-state index contributed by atoms with van der Waals surface area (Å²) in [5.41, 5.74) is 2.91. The van der Waals surface area contributed by atoms with Crippen LogP contribution in [-0.2, 0) is 0 Å². The van der Waals surface area contributed by atoms with Gasteiger partial charge in [-0.3, -0.25) is 4.79 Å². The average Bonchev–Trinajstić information content (AvgIpc) is 2.55. The first-order valence-electron chi connectivity index (χ1n) is 7.71. The quantitative estimate of drug-likeness (QED) is 0.405. The van der Waals surface area contributed by atoms with Gasteiger partial charge >= 0.3 is 0 Å². The van der Waals surface area contributed by atoms with Crippen molar-refractivity contribution < 1.29 is 9.53 Å². The minimum atomic E-state index is 0.000633. The van der Waals surface area contributed by atoms with Gasteiger partial charge in [-0.05, 0) is 49.2 Å². The third-order valence-corrected chi connectivity index (χ3v) is 3.41. The Morgan fingerprint density at radius 1 is 1.05 bits per heavy atom. The molecule has 0 aliphatic rings. The maximum Gasteiger partial charge on any atom is 0.185 e. The number of hydrogen-bond acceptors (Lipinski definition) is 2. The zero-order valence-corrected chi connectivity index (χ0v) is 13.2. The molecule has 0 atom stereocenters. The minimum absolute atomic E-state index is 0.000633. The SMILES string of the molecule is CCCCOc1ccc(C(=O)/C=C/c2ccc(C)cc2)cc1. The van der Waals surface area contributed by atoms with Crippen LogP contribution in [0, 0.1) is 6.92 Å². The standard InChI is InChI=1S/C20H22O2/c1-3-4-15-22-19-12-10-18(11-13-19)20(21)14-9-17-7-5-16(2)6-8-17/h5-14H,3-4,15H2,1-2H3/b14-9+. The lowest BCUT2D eigenvalue weighted by atomic mass is 10.1. The molecule has 0 saturated carbocycles. The van der Waals surface area contributed by atoms with Gasteiger partial charge in [-0.15, -0.1) is 0 Å². The molecule has 2 rings (SSSR count). The summed E-state index contributed by atoms with van der Waals surface area (Å²) < 4.78 is 5.59. The second-order valence-electron chi connectivity index (χ2n) is 5.33. The maximum absolute atomic E-state index is 12.1. The minimum Gasteiger partial charge on any atom is -0.494 e. The van der Waals surface area contributed by atoms with Gasteiger partial charge in [0, 0.05) is 5.56 Å². The predicted octanol–water partition coefficient (Wildman–Crippen LogP) is 5.07. The summed E-state index contributed by atoms with van der Waals surface area (Å²) in [6, 6.07) is 15.4. The van der Waals surface area contributed by atoms with Crippen molar-refractivity contribution in [1.82, 2.24) is 0 Å². The Morgan fingerprint density at radius 2 is 1.73 bits per heavy atom. The topological polar surface area (TPSA) is 26.3 Å². The summed E-state index contributed by atoms with van der Waals surface area (Å²) in [5.74, 6) is 0.813. The first-order valence-corrected chi connectivity index (χ1v) is 7.71. The molecule has 2 aromatic carbocycles. The fourth-order valence-electron chi connectivity index (χ4n) is 2.00. The van der Waals surface area contributed by atoms with Crippen LogP contribution < -0.4 is 4.74 Å². The smallest absolute Gasteiger partial charge is 0.185 e. The molecule has 0 aliphatic heterocycles. The molecule has 2 aromatic rings. The highest BCUT2D eigenvalue weighted by Gasteiger charge is 2.02. The van der Waals surface area contributed by atoms with E-state index in [1.165, 1.54) is 5.56 Å². The van der Waals surface area contributed by atoms with Crippen LogP contribution in [0.2, 0.25) is 0 Å². The molecule has 0 saturated heterocycles. The summed E-state index contributed by atoms with van der Waals surface area (Å²) in [4.78, 5) is 12.1. The number of ketones is 1. The molecule has 0 bridgehead atoms. The second-order valence-corrected chi connectivity index (χ2v) is 5.33. The van der Waals surface area contributed by atoms with Crippen molar-refractivity contribution in [2.45, 2.75) is 26.7 Å². The molecule has 0 amide bonds. The van der Waals surface area contributed by atoms with Crippen LogP contribution in [0.25, 0.3) is 6.08 Å². The van der Waals surface area contributed by atoms with E-state index in [1.807, 2.05) is 61.5 Å². The number of carbonyl (C=O) groups is 1. The highest BCUT2D eigenvalue weighted by molar-refractivity contribution is 6.06. The van der Waals surface area contributed by atoms with Crippen LogP contribution in [0.4, 0.5) is 0 Å². The molecule has 0 aromatic heterocycles. The molecule has 114 valence electrons. The number of aryl methyl sites for hydroxylation is 1. The van der Waals surface area contributed by atoms with Crippen molar-refractivity contribution in [3.05, 3.63) is 71.3 Å². The van der Waals surface area contributed by atoms with E-state index < -0.39 is 0 Å². The summed E-state index contributed by atoms with van der Waals surface area (Å²) in [5, 5.41) is 0. The summed E-state index contributed by atoms with van der Waals surface area (Å²) in [6.07, 6.45) is 5.60. The fourth-order valence-corrected chi connectivity index (χ4v) is 2.00. The van der Waals surface area contributed by atoms with Crippen molar-refractivity contribution in [3.8, 4) is 5.75 Å². The molecule has 2 heteroatoms. The maximum atomic E-state index is 12.1. The zero-order valence-electron chi connectivity index (χ0n) is 13.2. The van der Waals surface area contributed by atoms with Gasteiger partial charge in [0.15, 0.2) is 5.78 Å². The van der Waals surface area contributed by atoms with Gasteiger partial charge in [-0.25, -0.2) is 0 Å². The molecule has 0 fully saturated rings. The third-order valence-electron chi connectivity index (χ3n) is 3.41. The first kappa shape index (κ1) is 16.0. The molecule has 0 aliphatic carbocycles. The molecule has 0 N–H and O–H groups in total. The lowest BCUT2D eigenvalue weighted by Gasteiger charge is -2.05. The van der Waals surface area contributed by atoms with Crippen LogP contribution >= 0.6 is 0 Å². The van der Waals surface area contributed by atoms with Gasteiger partial charge < -0.3 is 4.74 Å². The molecule has 0 radical (unpaired) electrons. The normalized spacial score (nSPS) is 10.8. The van der Waals surface area contributed by atoms with E-state index in [9.17, 15) is 4.79 Å². The molecule has 0 spiro atoms. The Hall–Kier alpha value is -2.35. The van der Waals surface area contributed by atoms with Gasteiger partial charge in [-0.2, -0.15) is 0 Å². The molecule has 22 heavy (non-hydrogen) atoms. The van der Waals surface area contributed by atoms with Crippen LogP contribution in [0.3, 0.4) is 0 Å². The molecular weight excluding hydrogens is 272 g/mol. The van der Waals surface area contributed by atoms with Crippen molar-refractivity contribution in [2.75, 3.05) is 6.61 Å². The highest BCUT2D eigenvalue weighted by atomic mass is 16.5. The number of allylic oxidation sites excluding steroid dienone is 1. The Labute approximate surface area is 132 Å². The van der Waals surface area contributed by atoms with Crippen LogP contribution in [0.15, 0.2) is 54.6 Å². The molecule has 0 unspecified atom stereocenters. The van der Waals surface area contributed by atoms with Crippen molar-refractivity contribution in [3.63, 3.8) is 0 Å². The Morgan fingerprint density at radius 3 is 2.36 bits per heavy atom. The summed E-state index contributed by atoms with van der Waals surface area (Å²) in [7, 11) is 0. The van der Waals surface area contributed by atoms with Gasteiger partial charge in [0.05, 0.1) is 6.61 Å². The van der Waals surface area contributed by atoms with Crippen molar-refractivity contribution >= 4 is 11.9 Å². The number of unbranched alkanes of at least 4 members (excludes halogenated alkanes) is 1. The van der Waals surface area contributed by atoms with Crippen molar-refractivity contribution in [1.29, 1.82) is 0 Å². The van der Waals surface area contributed by atoms with Gasteiger partial charge in [-0.1, -0.05) is 49.2 Å². The number of benzene rings is 2. The number of hydrogen-bond donors (Lipinski definition) is 0. The second kappa shape index (κ2) is 8.18. The van der Waals surface area contributed by atoms with E-state index in [1.54, 1.807) is 6.08 Å². The van der Waals surface area contributed by atoms with E-state index in [-0.39, 0.29) is 5.78 Å². The van der Waals surface area contributed by atoms with Crippen molar-refractivity contribution in [2.24, 2.45) is 0 Å². The summed E-state index contributed by atoms with van der Waals surface area (Å²) in [6.45, 7) is 4.89. The van der Waals surface area contributed by atoms with E-state index in [4.69, 9.17) is 4.74 Å². The third kappa shape index (κ3) is 4.88. The first-order chi connectivity index (χ1) is 10.7.